The van der Waals surface area contributed by atoms with Crippen LogP contribution in [0.5, 0.6) is 0 Å². The number of anilines is 2. The summed E-state index contributed by atoms with van der Waals surface area (Å²) in [5.41, 5.74) is 9.67. The number of nitrogen functional groups attached to an aromatic ring is 1. The summed E-state index contributed by atoms with van der Waals surface area (Å²) in [4.78, 5) is 18.2. The highest BCUT2D eigenvalue weighted by Crippen LogP contribution is 2.40. The van der Waals surface area contributed by atoms with Gasteiger partial charge in [0.2, 0.25) is 5.91 Å². The fourth-order valence-electron chi connectivity index (χ4n) is 2.60. The molecule has 19 heavy (non-hydrogen) atoms. The maximum absolute atomic E-state index is 12.1. The van der Waals surface area contributed by atoms with Crippen molar-refractivity contribution in [2.75, 3.05) is 17.7 Å². The number of fused-ring (bicyclic) bond motifs is 1. The lowest BCUT2D eigenvalue weighted by molar-refractivity contribution is -0.119. The molecule has 1 aliphatic heterocycles. The van der Waals surface area contributed by atoms with Gasteiger partial charge >= 0.3 is 0 Å². The number of thiazole rings is 1. The number of carbonyl (C=O) groups excluding carboxylic acids is 1. The zero-order valence-electron chi connectivity index (χ0n) is 10.9. The average molecular weight is 273 g/mol. The van der Waals surface area contributed by atoms with Gasteiger partial charge in [-0.25, -0.2) is 4.98 Å². The van der Waals surface area contributed by atoms with Crippen LogP contribution in [-0.4, -0.2) is 17.9 Å². The van der Waals surface area contributed by atoms with Crippen LogP contribution in [0.2, 0.25) is 0 Å². The van der Waals surface area contributed by atoms with Crippen LogP contribution < -0.4 is 10.6 Å². The molecule has 0 radical (unpaired) electrons. The second-order valence-electron chi connectivity index (χ2n) is 4.70. The average Bonchev–Trinajstić information content (AvgIpc) is 2.93. The number of benzene rings is 1. The number of hydrogen-bond donors (Lipinski definition) is 1. The van der Waals surface area contributed by atoms with E-state index >= 15 is 0 Å². The molecule has 0 fully saturated rings. The van der Waals surface area contributed by atoms with E-state index < -0.39 is 0 Å². The summed E-state index contributed by atoms with van der Waals surface area (Å²) in [5, 5.41) is 2.51. The van der Waals surface area contributed by atoms with Gasteiger partial charge in [-0.05, 0) is 24.1 Å². The predicted octanol–water partition coefficient (Wildman–Crippen LogP) is 2.86. The topological polar surface area (TPSA) is 59.2 Å². The first-order valence-electron chi connectivity index (χ1n) is 6.24. The lowest BCUT2D eigenvalue weighted by Gasteiger charge is -2.09. The highest BCUT2D eigenvalue weighted by atomic mass is 32.1. The second kappa shape index (κ2) is 4.35. The third kappa shape index (κ3) is 1.81. The first-order chi connectivity index (χ1) is 9.11. The van der Waals surface area contributed by atoms with Crippen LogP contribution in [0.25, 0.3) is 11.3 Å². The molecule has 2 heterocycles. The van der Waals surface area contributed by atoms with Crippen molar-refractivity contribution in [1.29, 1.82) is 0 Å². The van der Waals surface area contributed by atoms with Crippen LogP contribution in [0.3, 0.4) is 0 Å². The molecule has 0 aliphatic carbocycles. The number of hydrogen-bond acceptors (Lipinski definition) is 4. The molecule has 1 amide bonds. The SMILES string of the molecule is CCC1C(=O)N(C)c2ccc(-c3csc(N)n3)cc21. The molecule has 0 bridgehead atoms. The van der Waals surface area contributed by atoms with Crippen molar-refractivity contribution in [3.05, 3.63) is 29.1 Å². The van der Waals surface area contributed by atoms with Crippen molar-refractivity contribution < 1.29 is 4.79 Å². The summed E-state index contributed by atoms with van der Waals surface area (Å²) in [6, 6.07) is 6.06. The normalized spacial score (nSPS) is 17.9. The Bertz CT molecular complexity index is 650. The van der Waals surface area contributed by atoms with Crippen LogP contribution in [-0.2, 0) is 4.79 Å². The number of nitrogens with zero attached hydrogens (tertiary/aromatic N) is 2. The lowest BCUT2D eigenvalue weighted by atomic mass is 9.96. The van der Waals surface area contributed by atoms with Gasteiger partial charge in [0.25, 0.3) is 0 Å². The Balaban J connectivity index is 2.10. The van der Waals surface area contributed by atoms with E-state index in [0.717, 1.165) is 28.9 Å². The van der Waals surface area contributed by atoms with Gasteiger partial charge < -0.3 is 10.6 Å². The third-order valence-electron chi connectivity index (χ3n) is 3.62. The lowest BCUT2D eigenvalue weighted by Crippen LogP contribution is -2.23. The highest BCUT2D eigenvalue weighted by Gasteiger charge is 2.33. The Hall–Kier alpha value is -1.88. The van der Waals surface area contributed by atoms with E-state index in [1.165, 1.54) is 11.3 Å². The minimum atomic E-state index is -0.0315. The largest absolute Gasteiger partial charge is 0.375 e. The maximum atomic E-state index is 12.1. The van der Waals surface area contributed by atoms with Crippen molar-refractivity contribution in [1.82, 2.24) is 4.98 Å². The van der Waals surface area contributed by atoms with Gasteiger partial charge in [-0.1, -0.05) is 13.0 Å². The Morgan fingerprint density at radius 2 is 2.26 bits per heavy atom. The van der Waals surface area contributed by atoms with Crippen LogP contribution in [0.15, 0.2) is 23.6 Å². The Morgan fingerprint density at radius 1 is 1.47 bits per heavy atom. The summed E-state index contributed by atoms with van der Waals surface area (Å²) in [6.45, 7) is 2.04. The quantitative estimate of drug-likeness (QED) is 0.915. The molecule has 3 rings (SSSR count). The minimum absolute atomic E-state index is 0.0315. The molecule has 98 valence electrons. The first kappa shape index (κ1) is 12.2. The second-order valence-corrected chi connectivity index (χ2v) is 5.59. The molecule has 0 saturated heterocycles. The first-order valence-corrected chi connectivity index (χ1v) is 7.12. The molecule has 1 atom stereocenters. The Labute approximate surface area is 115 Å². The standard InChI is InChI=1S/C14H15N3OS/c1-3-9-10-6-8(11-7-19-14(15)16-11)4-5-12(10)17(2)13(9)18/h4-7,9H,3H2,1-2H3,(H2,15,16). The van der Waals surface area contributed by atoms with E-state index in [-0.39, 0.29) is 11.8 Å². The zero-order chi connectivity index (χ0) is 13.6. The highest BCUT2D eigenvalue weighted by molar-refractivity contribution is 7.13. The van der Waals surface area contributed by atoms with Crippen LogP contribution in [0, 0.1) is 0 Å². The number of aromatic nitrogens is 1. The smallest absolute Gasteiger partial charge is 0.234 e. The number of likely N-dealkylation sites (N-methyl/N-ethyl adjacent to an activating group) is 1. The van der Waals surface area contributed by atoms with Crippen molar-refractivity contribution in [2.45, 2.75) is 19.3 Å². The summed E-state index contributed by atoms with van der Waals surface area (Å²) < 4.78 is 0. The van der Waals surface area contributed by atoms with E-state index in [9.17, 15) is 4.79 Å². The molecule has 2 aromatic rings. The van der Waals surface area contributed by atoms with E-state index in [4.69, 9.17) is 5.73 Å². The fourth-order valence-corrected chi connectivity index (χ4v) is 3.17. The molecule has 1 aromatic heterocycles. The van der Waals surface area contributed by atoms with E-state index in [2.05, 4.69) is 11.1 Å². The molecule has 1 aromatic carbocycles. The van der Waals surface area contributed by atoms with Gasteiger partial charge in [-0.2, -0.15) is 0 Å². The van der Waals surface area contributed by atoms with Gasteiger partial charge in [0.05, 0.1) is 11.6 Å². The predicted molar refractivity (Wildman–Crippen MR) is 78.4 cm³/mol. The van der Waals surface area contributed by atoms with Crippen LogP contribution >= 0.6 is 11.3 Å². The molecule has 0 saturated carbocycles. The van der Waals surface area contributed by atoms with Crippen LogP contribution in [0.4, 0.5) is 10.8 Å². The van der Waals surface area contributed by atoms with Gasteiger partial charge in [0.15, 0.2) is 5.13 Å². The molecular formula is C14H15N3OS. The van der Waals surface area contributed by atoms with E-state index in [0.29, 0.717) is 5.13 Å². The summed E-state index contributed by atoms with van der Waals surface area (Å²) >= 11 is 1.43. The van der Waals surface area contributed by atoms with Crippen molar-refractivity contribution >= 4 is 28.1 Å². The van der Waals surface area contributed by atoms with Gasteiger partial charge in [-0.3, -0.25) is 4.79 Å². The van der Waals surface area contributed by atoms with Gasteiger partial charge in [0, 0.05) is 23.7 Å². The molecule has 1 unspecified atom stereocenters. The number of nitrogens with two attached hydrogens (primary N) is 1. The molecule has 4 nitrogen and oxygen atoms in total. The minimum Gasteiger partial charge on any atom is -0.375 e. The van der Waals surface area contributed by atoms with Crippen molar-refractivity contribution in [3.63, 3.8) is 0 Å². The molecular weight excluding hydrogens is 258 g/mol. The van der Waals surface area contributed by atoms with Crippen molar-refractivity contribution in [2.24, 2.45) is 0 Å². The molecule has 5 heteroatoms. The summed E-state index contributed by atoms with van der Waals surface area (Å²) in [7, 11) is 1.83. The van der Waals surface area contributed by atoms with Gasteiger partial charge in [0.1, 0.15) is 0 Å². The number of rotatable bonds is 2. The van der Waals surface area contributed by atoms with Crippen LogP contribution in [0.1, 0.15) is 24.8 Å². The van der Waals surface area contributed by atoms with E-state index in [1.807, 2.05) is 31.5 Å². The Kier molecular flexibility index (Phi) is 2.78. The van der Waals surface area contributed by atoms with E-state index in [1.54, 1.807) is 4.90 Å². The zero-order valence-corrected chi connectivity index (χ0v) is 11.7. The Morgan fingerprint density at radius 3 is 2.89 bits per heavy atom. The monoisotopic (exact) mass is 273 g/mol. The summed E-state index contributed by atoms with van der Waals surface area (Å²) in [6.07, 6.45) is 0.818. The van der Waals surface area contributed by atoms with Gasteiger partial charge in [-0.15, -0.1) is 11.3 Å². The fraction of sp³-hybridized carbons (Fsp3) is 0.286. The molecule has 0 spiro atoms. The molecule has 1 aliphatic rings. The van der Waals surface area contributed by atoms with Crippen molar-refractivity contribution in [3.8, 4) is 11.3 Å². The molecule has 2 N–H and O–H groups in total. The summed E-state index contributed by atoms with van der Waals surface area (Å²) in [5.74, 6) is 0.142. The number of amides is 1. The number of carbonyl (C=O) groups is 1. The third-order valence-corrected chi connectivity index (χ3v) is 4.29. The maximum Gasteiger partial charge on any atom is 0.234 e.